The van der Waals surface area contributed by atoms with Crippen molar-refractivity contribution in [3.8, 4) is 11.5 Å². The molecule has 0 amide bonds. The van der Waals surface area contributed by atoms with Gasteiger partial charge in [0.05, 0.1) is 7.11 Å². The van der Waals surface area contributed by atoms with Gasteiger partial charge in [-0.05, 0) is 41.8 Å². The molecule has 0 N–H and O–H groups in total. The largest absolute Gasteiger partial charge is 0.497 e. The Morgan fingerprint density at radius 2 is 1.47 bits per heavy atom. The Bertz CT molecular complexity index is 512. The van der Waals surface area contributed by atoms with Crippen molar-refractivity contribution in [2.24, 2.45) is 0 Å². The number of methoxy groups -OCH3 is 1. The fourth-order valence-corrected chi connectivity index (χ4v) is 1.78. The SMILES string of the molecule is C=CCc1ccc(OCc2ccc(OC)cc2)cc1. The predicted molar refractivity (Wildman–Crippen MR) is 77.7 cm³/mol. The highest BCUT2D eigenvalue weighted by atomic mass is 16.5. The van der Waals surface area contributed by atoms with Crippen molar-refractivity contribution < 1.29 is 9.47 Å². The van der Waals surface area contributed by atoms with Crippen molar-refractivity contribution in [1.82, 2.24) is 0 Å². The van der Waals surface area contributed by atoms with Gasteiger partial charge in [-0.25, -0.2) is 0 Å². The van der Waals surface area contributed by atoms with E-state index in [4.69, 9.17) is 9.47 Å². The number of allylic oxidation sites excluding steroid dienone is 1. The van der Waals surface area contributed by atoms with Crippen molar-refractivity contribution >= 4 is 0 Å². The van der Waals surface area contributed by atoms with Crippen LogP contribution in [0.15, 0.2) is 61.2 Å². The topological polar surface area (TPSA) is 18.5 Å². The summed E-state index contributed by atoms with van der Waals surface area (Å²) in [7, 11) is 1.66. The van der Waals surface area contributed by atoms with Gasteiger partial charge in [0.15, 0.2) is 0 Å². The molecule has 19 heavy (non-hydrogen) atoms. The van der Waals surface area contributed by atoms with Crippen LogP contribution in [0.25, 0.3) is 0 Å². The summed E-state index contributed by atoms with van der Waals surface area (Å²) in [5.74, 6) is 1.74. The fourth-order valence-electron chi connectivity index (χ4n) is 1.78. The number of rotatable bonds is 6. The fraction of sp³-hybridized carbons (Fsp3) is 0.176. The molecule has 0 saturated heterocycles. The first kappa shape index (κ1) is 13.2. The lowest BCUT2D eigenvalue weighted by Gasteiger charge is -2.07. The zero-order chi connectivity index (χ0) is 13.5. The molecule has 0 radical (unpaired) electrons. The van der Waals surface area contributed by atoms with E-state index in [0.29, 0.717) is 6.61 Å². The van der Waals surface area contributed by atoms with E-state index in [1.54, 1.807) is 7.11 Å². The molecule has 98 valence electrons. The average molecular weight is 254 g/mol. The molecule has 0 fully saturated rings. The lowest BCUT2D eigenvalue weighted by molar-refractivity contribution is 0.306. The van der Waals surface area contributed by atoms with Crippen molar-refractivity contribution in [2.45, 2.75) is 13.0 Å². The van der Waals surface area contributed by atoms with Gasteiger partial charge < -0.3 is 9.47 Å². The molecule has 2 rings (SSSR count). The molecular formula is C17H18O2. The van der Waals surface area contributed by atoms with E-state index in [-0.39, 0.29) is 0 Å². The van der Waals surface area contributed by atoms with Gasteiger partial charge in [0.25, 0.3) is 0 Å². The standard InChI is InChI=1S/C17H18O2/c1-3-4-14-5-11-17(12-6-14)19-13-15-7-9-16(18-2)10-8-15/h3,5-12H,1,4,13H2,2H3. The van der Waals surface area contributed by atoms with Crippen molar-refractivity contribution in [3.63, 3.8) is 0 Å². The van der Waals surface area contributed by atoms with Crippen LogP contribution >= 0.6 is 0 Å². The van der Waals surface area contributed by atoms with Crippen molar-refractivity contribution in [3.05, 3.63) is 72.3 Å². The molecule has 2 nitrogen and oxygen atoms in total. The highest BCUT2D eigenvalue weighted by molar-refractivity contribution is 5.30. The third-order valence-corrected chi connectivity index (χ3v) is 2.87. The van der Waals surface area contributed by atoms with E-state index in [2.05, 4.69) is 18.7 Å². The van der Waals surface area contributed by atoms with E-state index in [1.165, 1.54) is 5.56 Å². The number of benzene rings is 2. The summed E-state index contributed by atoms with van der Waals surface area (Å²) in [4.78, 5) is 0. The third-order valence-electron chi connectivity index (χ3n) is 2.87. The maximum atomic E-state index is 5.73. The molecule has 0 aliphatic rings. The van der Waals surface area contributed by atoms with Crippen LogP contribution in [0.1, 0.15) is 11.1 Å². The Labute approximate surface area is 114 Å². The van der Waals surface area contributed by atoms with Crippen molar-refractivity contribution in [2.75, 3.05) is 7.11 Å². The smallest absolute Gasteiger partial charge is 0.119 e. The number of hydrogen-bond donors (Lipinski definition) is 0. The predicted octanol–water partition coefficient (Wildman–Crippen LogP) is 4.00. The Balaban J connectivity index is 1.91. The highest BCUT2D eigenvalue weighted by Crippen LogP contribution is 2.16. The second kappa shape index (κ2) is 6.64. The van der Waals surface area contributed by atoms with Gasteiger partial charge in [-0.3, -0.25) is 0 Å². The molecule has 0 aliphatic heterocycles. The Morgan fingerprint density at radius 3 is 2.05 bits per heavy atom. The Morgan fingerprint density at radius 1 is 0.895 bits per heavy atom. The lowest BCUT2D eigenvalue weighted by atomic mass is 10.1. The monoisotopic (exact) mass is 254 g/mol. The maximum absolute atomic E-state index is 5.73. The minimum absolute atomic E-state index is 0.560. The molecule has 0 spiro atoms. The molecule has 0 bridgehead atoms. The first-order valence-electron chi connectivity index (χ1n) is 6.27. The minimum atomic E-state index is 0.560. The van der Waals surface area contributed by atoms with Crippen LogP contribution in [0, 0.1) is 0 Å². The molecule has 0 atom stereocenters. The van der Waals surface area contributed by atoms with Crippen molar-refractivity contribution in [1.29, 1.82) is 0 Å². The summed E-state index contributed by atoms with van der Waals surface area (Å²) in [6.07, 6.45) is 2.78. The lowest BCUT2D eigenvalue weighted by Crippen LogP contribution is -1.95. The summed E-state index contributed by atoms with van der Waals surface area (Å²) < 4.78 is 10.9. The summed E-state index contributed by atoms with van der Waals surface area (Å²) in [5.41, 5.74) is 2.36. The molecule has 2 aromatic rings. The van der Waals surface area contributed by atoms with E-state index < -0.39 is 0 Å². The van der Waals surface area contributed by atoms with Gasteiger partial charge in [-0.15, -0.1) is 6.58 Å². The van der Waals surface area contributed by atoms with Crippen LogP contribution < -0.4 is 9.47 Å². The molecule has 0 aliphatic carbocycles. The van der Waals surface area contributed by atoms with Gasteiger partial charge in [-0.2, -0.15) is 0 Å². The summed E-state index contributed by atoms with van der Waals surface area (Å²) in [6, 6.07) is 16.0. The summed E-state index contributed by atoms with van der Waals surface area (Å²) in [5, 5.41) is 0. The van der Waals surface area contributed by atoms with Gasteiger partial charge in [0, 0.05) is 0 Å². The zero-order valence-electron chi connectivity index (χ0n) is 11.1. The van der Waals surface area contributed by atoms with Gasteiger partial charge in [0.1, 0.15) is 18.1 Å². The first-order valence-corrected chi connectivity index (χ1v) is 6.27. The molecule has 2 aromatic carbocycles. The Kier molecular flexibility index (Phi) is 4.62. The normalized spacial score (nSPS) is 9.95. The molecule has 2 heteroatoms. The van der Waals surface area contributed by atoms with Crippen LogP contribution in [-0.2, 0) is 13.0 Å². The van der Waals surface area contributed by atoms with Gasteiger partial charge in [-0.1, -0.05) is 30.3 Å². The van der Waals surface area contributed by atoms with Gasteiger partial charge >= 0.3 is 0 Å². The molecule has 0 heterocycles. The quantitative estimate of drug-likeness (QED) is 0.725. The van der Waals surface area contributed by atoms with Crippen LogP contribution in [0.3, 0.4) is 0 Å². The zero-order valence-corrected chi connectivity index (χ0v) is 11.1. The molecule has 0 aromatic heterocycles. The van der Waals surface area contributed by atoms with Crippen LogP contribution in [0.2, 0.25) is 0 Å². The Hall–Kier alpha value is -2.22. The number of hydrogen-bond acceptors (Lipinski definition) is 2. The molecular weight excluding hydrogens is 236 g/mol. The van der Waals surface area contributed by atoms with E-state index in [1.807, 2.05) is 42.5 Å². The first-order chi connectivity index (χ1) is 9.31. The van der Waals surface area contributed by atoms with E-state index >= 15 is 0 Å². The van der Waals surface area contributed by atoms with Gasteiger partial charge in [0.2, 0.25) is 0 Å². The van der Waals surface area contributed by atoms with Crippen LogP contribution in [0.4, 0.5) is 0 Å². The van der Waals surface area contributed by atoms with Crippen LogP contribution in [0.5, 0.6) is 11.5 Å². The molecule has 0 saturated carbocycles. The van der Waals surface area contributed by atoms with Crippen LogP contribution in [-0.4, -0.2) is 7.11 Å². The average Bonchev–Trinajstić information content (AvgIpc) is 2.47. The second-order valence-electron chi connectivity index (χ2n) is 4.27. The highest BCUT2D eigenvalue weighted by Gasteiger charge is 1.97. The minimum Gasteiger partial charge on any atom is -0.497 e. The van der Waals surface area contributed by atoms with E-state index in [0.717, 1.165) is 23.5 Å². The van der Waals surface area contributed by atoms with E-state index in [9.17, 15) is 0 Å². The molecule has 0 unspecified atom stereocenters. The summed E-state index contributed by atoms with van der Waals surface area (Å²) >= 11 is 0. The summed E-state index contributed by atoms with van der Waals surface area (Å²) in [6.45, 7) is 4.29. The maximum Gasteiger partial charge on any atom is 0.119 e. The third kappa shape index (κ3) is 3.88. The second-order valence-corrected chi connectivity index (χ2v) is 4.27. The number of ether oxygens (including phenoxy) is 2.